The van der Waals surface area contributed by atoms with Crippen LogP contribution >= 0.6 is 0 Å². The summed E-state index contributed by atoms with van der Waals surface area (Å²) in [6.45, 7) is 8.18. The van der Waals surface area contributed by atoms with Crippen LogP contribution in [0, 0.1) is 11.7 Å². The van der Waals surface area contributed by atoms with E-state index in [-0.39, 0.29) is 17.8 Å². The third-order valence-corrected chi connectivity index (χ3v) is 5.26. The number of hydrogen-bond donors (Lipinski definition) is 3. The van der Waals surface area contributed by atoms with E-state index in [0.29, 0.717) is 18.4 Å². The molecule has 1 aliphatic carbocycles. The highest BCUT2D eigenvalue weighted by molar-refractivity contribution is 5.84. The minimum atomic E-state index is -0.201. The number of benzene rings is 1. The average Bonchev–Trinajstić information content (AvgIpc) is 3.29. The number of H-pyrrole nitrogens is 1. The molecule has 1 saturated carbocycles. The van der Waals surface area contributed by atoms with Crippen molar-refractivity contribution in [3.63, 3.8) is 0 Å². The number of nitrogens with zero attached hydrogens (tertiary/aromatic N) is 1. The molecule has 1 heterocycles. The molecule has 3 atom stereocenters. The number of fused-ring (bicyclic) bond motifs is 1. The summed E-state index contributed by atoms with van der Waals surface area (Å²) in [6, 6.07) is 4.71. The number of halogens is 1. The molecule has 2 aromatic rings. The molecule has 0 spiro atoms. The lowest BCUT2D eigenvalue weighted by Crippen LogP contribution is -2.52. The van der Waals surface area contributed by atoms with Gasteiger partial charge >= 0.3 is 0 Å². The number of amides is 1. The number of aromatic amines is 1. The van der Waals surface area contributed by atoms with Crippen LogP contribution in [-0.2, 0) is 4.79 Å². The average molecular weight is 360 g/mol. The van der Waals surface area contributed by atoms with Gasteiger partial charge in [0, 0.05) is 30.2 Å². The van der Waals surface area contributed by atoms with Crippen molar-refractivity contribution in [2.45, 2.75) is 45.6 Å². The highest BCUT2D eigenvalue weighted by Crippen LogP contribution is 2.49. The maximum Gasteiger partial charge on any atom is 0.253 e. The first kappa shape index (κ1) is 18.9. The topological polar surface area (TPSA) is 60.2 Å². The molecule has 1 aromatic heterocycles. The lowest BCUT2D eigenvalue weighted by atomic mass is 10.1. The molecule has 0 saturated heterocycles. The Morgan fingerprint density at radius 1 is 1.38 bits per heavy atom. The molecule has 0 radical (unpaired) electrons. The maximum atomic E-state index is 13.6. The molecule has 5 nitrogen and oxygen atoms in total. The summed E-state index contributed by atoms with van der Waals surface area (Å²) in [4.78, 5) is 15.8. The monoisotopic (exact) mass is 360 g/mol. The van der Waals surface area contributed by atoms with Gasteiger partial charge in [0.25, 0.3) is 5.91 Å². The quantitative estimate of drug-likeness (QED) is 0.602. The smallest absolute Gasteiger partial charge is 0.253 e. The van der Waals surface area contributed by atoms with Gasteiger partial charge in [-0.25, -0.2) is 9.82 Å². The zero-order valence-electron chi connectivity index (χ0n) is 15.8. The number of rotatable bonds is 9. The molecule has 1 fully saturated rings. The van der Waals surface area contributed by atoms with E-state index in [0.717, 1.165) is 36.8 Å². The van der Waals surface area contributed by atoms with E-state index in [2.05, 4.69) is 15.7 Å². The van der Waals surface area contributed by atoms with Crippen LogP contribution in [0.5, 0.6) is 0 Å². The summed E-state index contributed by atoms with van der Waals surface area (Å²) in [5, 5.41) is 6.11. The second-order valence-corrected chi connectivity index (χ2v) is 7.00. The molecule has 1 aliphatic rings. The van der Waals surface area contributed by atoms with Gasteiger partial charge in [-0.2, -0.15) is 0 Å². The highest BCUT2D eigenvalue weighted by atomic mass is 19.1. The third kappa shape index (κ3) is 3.91. The number of nitrogens with one attached hydrogen (secondary N) is 3. The van der Waals surface area contributed by atoms with Crippen molar-refractivity contribution in [3.05, 3.63) is 35.8 Å². The standard InChI is InChI=1S/C20H29FN4O/c1-4-18(20(26)25(6-3)24-5-2)22-11-13-9-15(13)17-12-23-19-8-7-14(21)10-16(17)19/h7-8,10,12-13,15,18,22-24H,4-6,9,11H2,1-3H3. The van der Waals surface area contributed by atoms with Gasteiger partial charge in [-0.1, -0.05) is 13.8 Å². The SMILES string of the molecule is CCNN(CC)C(=O)C(CC)NCC1CC1c1c[nH]c2ccc(F)cc12. The fraction of sp³-hybridized carbons (Fsp3) is 0.550. The Morgan fingerprint density at radius 2 is 2.19 bits per heavy atom. The minimum absolute atomic E-state index is 0.100. The fourth-order valence-electron chi connectivity index (χ4n) is 3.70. The predicted octanol–water partition coefficient (Wildman–Crippen LogP) is 3.15. The number of hydrogen-bond acceptors (Lipinski definition) is 3. The lowest BCUT2D eigenvalue weighted by Gasteiger charge is -2.26. The molecule has 3 unspecified atom stereocenters. The van der Waals surface area contributed by atoms with Crippen molar-refractivity contribution in [2.75, 3.05) is 19.6 Å². The zero-order chi connectivity index (χ0) is 18.7. The Morgan fingerprint density at radius 3 is 2.88 bits per heavy atom. The fourth-order valence-corrected chi connectivity index (χ4v) is 3.70. The predicted molar refractivity (Wildman–Crippen MR) is 102 cm³/mol. The van der Waals surface area contributed by atoms with Gasteiger partial charge < -0.3 is 10.3 Å². The number of likely N-dealkylation sites (N-methyl/N-ethyl adjacent to an activating group) is 1. The summed E-state index contributed by atoms with van der Waals surface area (Å²) in [7, 11) is 0. The molecule has 1 amide bonds. The molecule has 0 bridgehead atoms. The lowest BCUT2D eigenvalue weighted by molar-refractivity contribution is -0.136. The van der Waals surface area contributed by atoms with Crippen molar-refractivity contribution in [1.82, 2.24) is 20.7 Å². The van der Waals surface area contributed by atoms with Crippen LogP contribution in [0.4, 0.5) is 4.39 Å². The van der Waals surface area contributed by atoms with Gasteiger partial charge in [0.05, 0.1) is 6.04 Å². The molecular weight excluding hydrogens is 331 g/mol. The largest absolute Gasteiger partial charge is 0.361 e. The third-order valence-electron chi connectivity index (χ3n) is 5.26. The van der Waals surface area contributed by atoms with Gasteiger partial charge in [0.1, 0.15) is 5.82 Å². The highest BCUT2D eigenvalue weighted by Gasteiger charge is 2.40. The van der Waals surface area contributed by atoms with Crippen molar-refractivity contribution in [1.29, 1.82) is 0 Å². The molecule has 1 aromatic carbocycles. The molecule has 142 valence electrons. The Kier molecular flexibility index (Phi) is 5.94. The van der Waals surface area contributed by atoms with Crippen LogP contribution in [0.15, 0.2) is 24.4 Å². The minimum Gasteiger partial charge on any atom is -0.361 e. The van der Waals surface area contributed by atoms with Gasteiger partial charge in [0.2, 0.25) is 0 Å². The second kappa shape index (κ2) is 8.18. The zero-order valence-corrected chi connectivity index (χ0v) is 15.8. The van der Waals surface area contributed by atoms with Crippen LogP contribution in [0.25, 0.3) is 10.9 Å². The van der Waals surface area contributed by atoms with Crippen LogP contribution in [0.1, 0.15) is 45.1 Å². The van der Waals surface area contributed by atoms with Crippen LogP contribution in [0.3, 0.4) is 0 Å². The molecule has 0 aliphatic heterocycles. The van der Waals surface area contributed by atoms with E-state index in [1.54, 1.807) is 17.1 Å². The van der Waals surface area contributed by atoms with Gasteiger partial charge in [-0.3, -0.25) is 9.80 Å². The van der Waals surface area contributed by atoms with Crippen LogP contribution < -0.4 is 10.7 Å². The molecule has 3 rings (SSSR count). The van der Waals surface area contributed by atoms with Crippen LogP contribution in [-0.4, -0.2) is 41.6 Å². The summed E-state index contributed by atoms with van der Waals surface area (Å²) >= 11 is 0. The van der Waals surface area contributed by atoms with E-state index >= 15 is 0 Å². The van der Waals surface area contributed by atoms with Crippen molar-refractivity contribution in [2.24, 2.45) is 5.92 Å². The van der Waals surface area contributed by atoms with E-state index in [1.807, 2.05) is 27.0 Å². The Labute approximate surface area is 154 Å². The molecule has 6 heteroatoms. The van der Waals surface area contributed by atoms with E-state index in [9.17, 15) is 9.18 Å². The van der Waals surface area contributed by atoms with Crippen LogP contribution in [0.2, 0.25) is 0 Å². The molecule has 26 heavy (non-hydrogen) atoms. The van der Waals surface area contributed by atoms with Crippen molar-refractivity contribution in [3.8, 4) is 0 Å². The van der Waals surface area contributed by atoms with E-state index in [4.69, 9.17) is 0 Å². The number of carbonyl (C=O) groups excluding carboxylic acids is 1. The van der Waals surface area contributed by atoms with E-state index in [1.165, 1.54) is 11.6 Å². The first-order chi connectivity index (χ1) is 12.6. The number of carbonyl (C=O) groups is 1. The van der Waals surface area contributed by atoms with Gasteiger partial charge in [-0.15, -0.1) is 0 Å². The normalized spacial score (nSPS) is 20.3. The molecular formula is C20H29FN4O. The first-order valence-corrected chi connectivity index (χ1v) is 9.63. The number of aromatic nitrogens is 1. The summed E-state index contributed by atoms with van der Waals surface area (Å²) in [5.74, 6) is 0.826. The van der Waals surface area contributed by atoms with Crippen molar-refractivity contribution >= 4 is 16.8 Å². The Bertz CT molecular complexity index is 759. The summed E-state index contributed by atoms with van der Waals surface area (Å²) < 4.78 is 13.6. The molecule has 3 N–H and O–H groups in total. The Hall–Kier alpha value is -1.92. The summed E-state index contributed by atoms with van der Waals surface area (Å²) in [6.07, 6.45) is 3.84. The maximum absolute atomic E-state index is 13.6. The first-order valence-electron chi connectivity index (χ1n) is 9.63. The summed E-state index contributed by atoms with van der Waals surface area (Å²) in [5.41, 5.74) is 5.28. The number of hydrazine groups is 1. The second-order valence-electron chi connectivity index (χ2n) is 7.00. The Balaban J connectivity index is 1.59. The van der Waals surface area contributed by atoms with Gasteiger partial charge in [0.15, 0.2) is 0 Å². The van der Waals surface area contributed by atoms with Gasteiger partial charge in [-0.05, 0) is 61.9 Å². The van der Waals surface area contributed by atoms with Crippen molar-refractivity contribution < 1.29 is 9.18 Å². The van der Waals surface area contributed by atoms with E-state index < -0.39 is 0 Å².